The van der Waals surface area contributed by atoms with Gasteiger partial charge in [-0.1, -0.05) is 6.42 Å². The van der Waals surface area contributed by atoms with Crippen LogP contribution >= 0.6 is 0 Å². The number of hydrogen-bond acceptors (Lipinski definition) is 3. The third-order valence-corrected chi connectivity index (χ3v) is 4.70. The second kappa shape index (κ2) is 7.16. The third kappa shape index (κ3) is 3.83. The molecule has 1 aliphatic carbocycles. The van der Waals surface area contributed by atoms with Crippen LogP contribution in [0.15, 0.2) is 12.1 Å². The van der Waals surface area contributed by atoms with Gasteiger partial charge < -0.3 is 4.90 Å². The molecule has 0 fully saturated rings. The van der Waals surface area contributed by atoms with Gasteiger partial charge in [-0.2, -0.15) is 5.10 Å². The quantitative estimate of drug-likeness (QED) is 0.879. The van der Waals surface area contributed by atoms with E-state index in [-0.39, 0.29) is 5.91 Å². The lowest BCUT2D eigenvalue weighted by molar-refractivity contribution is -0.129. The lowest BCUT2D eigenvalue weighted by atomic mass is 10.1. The highest BCUT2D eigenvalue weighted by Gasteiger charge is 2.19. The van der Waals surface area contributed by atoms with Crippen LogP contribution < -0.4 is 0 Å². The summed E-state index contributed by atoms with van der Waals surface area (Å²) in [5.41, 5.74) is 6.57. The van der Waals surface area contributed by atoms with Crippen molar-refractivity contribution in [3.63, 3.8) is 0 Å². The number of fused-ring (bicyclic) bond motifs is 1. The molecule has 0 bridgehead atoms. The molecule has 1 aliphatic rings. The number of likely N-dealkylation sites (N-methyl/N-ethyl adjacent to an activating group) is 1. The number of pyridine rings is 1. The van der Waals surface area contributed by atoms with Crippen LogP contribution in [-0.4, -0.2) is 33.0 Å². The number of nitrogens with one attached hydrogen (secondary N) is 1. The van der Waals surface area contributed by atoms with E-state index < -0.39 is 0 Å². The van der Waals surface area contributed by atoms with Crippen LogP contribution in [0.5, 0.6) is 0 Å². The molecule has 0 unspecified atom stereocenters. The van der Waals surface area contributed by atoms with E-state index in [4.69, 9.17) is 0 Å². The molecule has 5 nitrogen and oxygen atoms in total. The minimum Gasteiger partial charge on any atom is -0.339 e. The van der Waals surface area contributed by atoms with Crippen molar-refractivity contribution in [2.75, 3.05) is 7.05 Å². The highest BCUT2D eigenvalue weighted by atomic mass is 16.2. The van der Waals surface area contributed by atoms with E-state index in [1.807, 2.05) is 33.0 Å². The molecular formula is C19H26N4O. The number of amides is 1. The smallest absolute Gasteiger partial charge is 0.227 e. The lowest BCUT2D eigenvalue weighted by Gasteiger charge is -2.17. The molecular weight excluding hydrogens is 300 g/mol. The molecule has 24 heavy (non-hydrogen) atoms. The van der Waals surface area contributed by atoms with Gasteiger partial charge in [0.2, 0.25) is 5.91 Å². The van der Waals surface area contributed by atoms with Crippen LogP contribution in [-0.2, 0) is 30.6 Å². The zero-order valence-electron chi connectivity index (χ0n) is 14.9. The minimum atomic E-state index is 0.116. The van der Waals surface area contributed by atoms with E-state index in [2.05, 4.69) is 15.2 Å². The summed E-state index contributed by atoms with van der Waals surface area (Å²) in [6, 6.07) is 3.97. The van der Waals surface area contributed by atoms with Gasteiger partial charge in [-0.05, 0) is 62.8 Å². The van der Waals surface area contributed by atoms with Gasteiger partial charge in [-0.25, -0.2) is 0 Å². The van der Waals surface area contributed by atoms with Crippen molar-refractivity contribution in [3.8, 4) is 0 Å². The molecule has 128 valence electrons. The number of carbonyl (C=O) groups excluding carboxylic acids is 1. The first-order valence-electron chi connectivity index (χ1n) is 8.76. The molecule has 0 aromatic carbocycles. The molecule has 0 saturated carbocycles. The van der Waals surface area contributed by atoms with Crippen molar-refractivity contribution in [2.24, 2.45) is 0 Å². The Balaban J connectivity index is 1.67. The molecule has 0 radical (unpaired) electrons. The van der Waals surface area contributed by atoms with E-state index >= 15 is 0 Å². The van der Waals surface area contributed by atoms with E-state index in [9.17, 15) is 4.79 Å². The monoisotopic (exact) mass is 326 g/mol. The summed E-state index contributed by atoms with van der Waals surface area (Å²) < 4.78 is 0. The van der Waals surface area contributed by atoms with Gasteiger partial charge in [0.15, 0.2) is 0 Å². The number of aryl methyl sites for hydroxylation is 3. The van der Waals surface area contributed by atoms with Crippen molar-refractivity contribution >= 4 is 5.91 Å². The second-order valence-corrected chi connectivity index (χ2v) is 6.87. The molecule has 2 aromatic rings. The summed E-state index contributed by atoms with van der Waals surface area (Å²) in [5, 5.41) is 7.65. The van der Waals surface area contributed by atoms with Crippen molar-refractivity contribution in [3.05, 3.63) is 46.0 Å². The molecule has 1 N–H and O–H groups in total. The molecule has 1 amide bonds. The van der Waals surface area contributed by atoms with Crippen LogP contribution in [0, 0.1) is 13.8 Å². The average Bonchev–Trinajstić information content (AvgIpc) is 2.74. The Morgan fingerprint density at radius 1 is 1.17 bits per heavy atom. The van der Waals surface area contributed by atoms with Gasteiger partial charge in [-0.15, -0.1) is 0 Å². The van der Waals surface area contributed by atoms with Crippen molar-refractivity contribution in [1.82, 2.24) is 20.1 Å². The fourth-order valence-electron chi connectivity index (χ4n) is 3.50. The zero-order valence-corrected chi connectivity index (χ0v) is 14.9. The fourth-order valence-corrected chi connectivity index (χ4v) is 3.50. The van der Waals surface area contributed by atoms with Gasteiger partial charge >= 0.3 is 0 Å². The first-order chi connectivity index (χ1) is 11.5. The summed E-state index contributed by atoms with van der Waals surface area (Å²) in [6.07, 6.45) is 6.28. The van der Waals surface area contributed by atoms with Gasteiger partial charge in [0.1, 0.15) is 0 Å². The highest BCUT2D eigenvalue weighted by molar-refractivity contribution is 5.78. The van der Waals surface area contributed by atoms with Crippen LogP contribution in [0.4, 0.5) is 0 Å². The van der Waals surface area contributed by atoms with Gasteiger partial charge in [0.25, 0.3) is 0 Å². The third-order valence-electron chi connectivity index (χ3n) is 4.70. The van der Waals surface area contributed by atoms with Crippen LogP contribution in [0.2, 0.25) is 0 Å². The second-order valence-electron chi connectivity index (χ2n) is 6.87. The molecule has 2 heterocycles. The molecule has 0 spiro atoms. The van der Waals surface area contributed by atoms with E-state index in [1.54, 1.807) is 4.90 Å². The Morgan fingerprint density at radius 2 is 1.88 bits per heavy atom. The Morgan fingerprint density at radius 3 is 2.62 bits per heavy atom. The molecule has 0 saturated heterocycles. The number of carbonyl (C=O) groups is 1. The largest absolute Gasteiger partial charge is 0.339 e. The standard InChI is InChI=1S/C19H26N4O/c1-13-9-15(10-14(2)20-13)11-19(24)23(3)12-18-16-7-5-4-6-8-17(16)21-22-18/h9-10H,4-8,11-12H2,1-3H3,(H,21,22). The number of nitrogens with zero attached hydrogens (tertiary/aromatic N) is 3. The number of aromatic amines is 1. The topological polar surface area (TPSA) is 61.9 Å². The Hall–Kier alpha value is -2.17. The predicted molar refractivity (Wildman–Crippen MR) is 93.7 cm³/mol. The number of rotatable bonds is 4. The number of hydrogen-bond donors (Lipinski definition) is 1. The van der Waals surface area contributed by atoms with Crippen LogP contribution in [0.3, 0.4) is 0 Å². The normalized spacial score (nSPS) is 14.1. The Labute approximate surface area is 143 Å². The van der Waals surface area contributed by atoms with Gasteiger partial charge in [0, 0.05) is 24.1 Å². The first kappa shape index (κ1) is 16.7. The fraction of sp³-hybridized carbons (Fsp3) is 0.526. The SMILES string of the molecule is Cc1cc(CC(=O)N(C)Cc2n[nH]c3c2CCCCC3)cc(C)n1. The minimum absolute atomic E-state index is 0.116. The Bertz CT molecular complexity index is 715. The molecule has 0 aliphatic heterocycles. The summed E-state index contributed by atoms with van der Waals surface area (Å²) in [5.74, 6) is 0.116. The molecule has 3 rings (SSSR count). The molecule has 0 atom stereocenters. The van der Waals surface area contributed by atoms with Gasteiger partial charge in [0.05, 0.1) is 18.7 Å². The summed E-state index contributed by atoms with van der Waals surface area (Å²) in [6.45, 7) is 4.50. The zero-order chi connectivity index (χ0) is 17.1. The van der Waals surface area contributed by atoms with Crippen LogP contribution in [0.1, 0.15) is 53.2 Å². The van der Waals surface area contributed by atoms with Crippen molar-refractivity contribution in [2.45, 2.75) is 58.9 Å². The lowest BCUT2D eigenvalue weighted by Crippen LogP contribution is -2.28. The van der Waals surface area contributed by atoms with Crippen molar-refractivity contribution < 1.29 is 4.79 Å². The summed E-state index contributed by atoms with van der Waals surface area (Å²) >= 11 is 0. The highest BCUT2D eigenvalue weighted by Crippen LogP contribution is 2.22. The molecule has 5 heteroatoms. The maximum Gasteiger partial charge on any atom is 0.227 e. The predicted octanol–water partition coefficient (Wildman–Crippen LogP) is 2.89. The number of H-pyrrole nitrogens is 1. The Kier molecular flexibility index (Phi) is 4.97. The maximum absolute atomic E-state index is 12.6. The summed E-state index contributed by atoms with van der Waals surface area (Å²) in [4.78, 5) is 18.7. The maximum atomic E-state index is 12.6. The number of aromatic nitrogens is 3. The molecule has 2 aromatic heterocycles. The summed E-state index contributed by atoms with van der Waals surface area (Å²) in [7, 11) is 1.86. The first-order valence-corrected chi connectivity index (χ1v) is 8.76. The van der Waals surface area contributed by atoms with E-state index in [0.717, 1.165) is 35.5 Å². The van der Waals surface area contributed by atoms with Crippen molar-refractivity contribution in [1.29, 1.82) is 0 Å². The van der Waals surface area contributed by atoms with E-state index in [1.165, 1.54) is 30.5 Å². The van der Waals surface area contributed by atoms with E-state index in [0.29, 0.717) is 13.0 Å². The van der Waals surface area contributed by atoms with Gasteiger partial charge in [-0.3, -0.25) is 14.9 Å². The average molecular weight is 326 g/mol. The van der Waals surface area contributed by atoms with Crippen LogP contribution in [0.25, 0.3) is 0 Å².